The summed E-state index contributed by atoms with van der Waals surface area (Å²) in [6.45, 7) is 4.76. The number of hydrogen-bond acceptors (Lipinski definition) is 5. The van der Waals surface area contributed by atoms with Crippen molar-refractivity contribution in [3.63, 3.8) is 0 Å². The van der Waals surface area contributed by atoms with Gasteiger partial charge in [-0.15, -0.1) is 0 Å². The van der Waals surface area contributed by atoms with Crippen LogP contribution in [0.1, 0.15) is 32.9 Å². The van der Waals surface area contributed by atoms with Crippen molar-refractivity contribution in [2.45, 2.75) is 26.9 Å². The van der Waals surface area contributed by atoms with Crippen molar-refractivity contribution >= 4 is 11.6 Å². The monoisotopic (exact) mass is 364 g/mol. The lowest BCUT2D eigenvalue weighted by Gasteiger charge is -2.09. The maximum atomic E-state index is 12.6. The van der Waals surface area contributed by atoms with Crippen molar-refractivity contribution in [3.8, 4) is 11.5 Å². The average Bonchev–Trinajstić information content (AvgIpc) is 3.26. The van der Waals surface area contributed by atoms with Crippen molar-refractivity contribution in [3.05, 3.63) is 70.6 Å². The largest absolute Gasteiger partial charge is 0.493 e. The van der Waals surface area contributed by atoms with Crippen molar-refractivity contribution in [2.24, 2.45) is 0 Å². The molecule has 27 heavy (non-hydrogen) atoms. The number of fused-ring (bicyclic) bond motifs is 1. The molecule has 1 aliphatic heterocycles. The molecule has 0 atom stereocenters. The fraction of sp³-hybridized carbons (Fsp3) is 0.238. The van der Waals surface area contributed by atoms with Crippen LogP contribution in [-0.2, 0) is 13.0 Å². The Morgan fingerprint density at radius 1 is 1.22 bits per heavy atom. The highest BCUT2D eigenvalue weighted by molar-refractivity contribution is 6.04. The minimum atomic E-state index is -0.184. The summed E-state index contributed by atoms with van der Waals surface area (Å²) in [5.74, 6) is 2.06. The number of nitrogens with one attached hydrogen (secondary N) is 1. The zero-order valence-corrected chi connectivity index (χ0v) is 15.2. The van der Waals surface area contributed by atoms with Gasteiger partial charge < -0.3 is 19.3 Å². The molecule has 0 fully saturated rings. The summed E-state index contributed by atoms with van der Waals surface area (Å²) < 4.78 is 16.5. The lowest BCUT2D eigenvalue weighted by Crippen LogP contribution is -2.12. The zero-order chi connectivity index (χ0) is 18.8. The highest BCUT2D eigenvalue weighted by Gasteiger charge is 2.14. The second-order valence-electron chi connectivity index (χ2n) is 6.49. The van der Waals surface area contributed by atoms with Crippen LogP contribution >= 0.6 is 0 Å². The van der Waals surface area contributed by atoms with Gasteiger partial charge in [-0.25, -0.2) is 0 Å². The second kappa shape index (κ2) is 7.15. The summed E-state index contributed by atoms with van der Waals surface area (Å²) in [6.07, 6.45) is 0.865. The normalized spacial score (nSPS) is 12.4. The summed E-state index contributed by atoms with van der Waals surface area (Å²) in [4.78, 5) is 12.6. The Balaban J connectivity index is 1.44. The molecule has 0 saturated heterocycles. The molecule has 1 aliphatic rings. The molecule has 3 aromatic rings. The van der Waals surface area contributed by atoms with Gasteiger partial charge in [0.1, 0.15) is 23.9 Å². The molecule has 6 heteroatoms. The number of amides is 1. The van der Waals surface area contributed by atoms with Gasteiger partial charge in [0.2, 0.25) is 0 Å². The van der Waals surface area contributed by atoms with Gasteiger partial charge in [0.05, 0.1) is 17.9 Å². The van der Waals surface area contributed by atoms with Crippen molar-refractivity contribution in [1.82, 2.24) is 5.16 Å². The zero-order valence-electron chi connectivity index (χ0n) is 15.2. The van der Waals surface area contributed by atoms with Crippen LogP contribution < -0.4 is 14.8 Å². The maximum absolute atomic E-state index is 12.6. The average molecular weight is 364 g/mol. The van der Waals surface area contributed by atoms with E-state index in [9.17, 15) is 4.79 Å². The summed E-state index contributed by atoms with van der Waals surface area (Å²) >= 11 is 0. The van der Waals surface area contributed by atoms with E-state index in [0.29, 0.717) is 24.5 Å². The molecule has 2 heterocycles. The van der Waals surface area contributed by atoms with Gasteiger partial charge in [-0.2, -0.15) is 0 Å². The number of aryl methyl sites for hydroxylation is 2. The van der Waals surface area contributed by atoms with Crippen LogP contribution in [0, 0.1) is 13.8 Å². The number of carbonyl (C=O) groups excluding carboxylic acids is 1. The van der Waals surface area contributed by atoms with Gasteiger partial charge in [0, 0.05) is 17.7 Å². The van der Waals surface area contributed by atoms with Gasteiger partial charge in [0.25, 0.3) is 5.91 Å². The van der Waals surface area contributed by atoms with Crippen LogP contribution in [0.25, 0.3) is 0 Å². The van der Waals surface area contributed by atoms with E-state index in [2.05, 4.69) is 10.5 Å². The Hall–Kier alpha value is -3.28. The fourth-order valence-electron chi connectivity index (χ4n) is 3.06. The number of benzene rings is 2. The Labute approximate surface area is 157 Å². The van der Waals surface area contributed by atoms with Crippen LogP contribution in [0.4, 0.5) is 5.69 Å². The highest BCUT2D eigenvalue weighted by Crippen LogP contribution is 2.28. The Morgan fingerprint density at radius 3 is 2.93 bits per heavy atom. The summed E-state index contributed by atoms with van der Waals surface area (Å²) in [5.41, 5.74) is 4.13. The molecule has 1 aromatic heterocycles. The molecule has 6 nitrogen and oxygen atoms in total. The molecule has 0 saturated carbocycles. The van der Waals surface area contributed by atoms with E-state index in [1.54, 1.807) is 18.2 Å². The third-order valence-corrected chi connectivity index (χ3v) is 4.61. The lowest BCUT2D eigenvalue weighted by atomic mass is 10.1. The van der Waals surface area contributed by atoms with Gasteiger partial charge in [0.15, 0.2) is 0 Å². The van der Waals surface area contributed by atoms with Crippen LogP contribution in [0.5, 0.6) is 11.5 Å². The van der Waals surface area contributed by atoms with E-state index in [0.717, 1.165) is 40.4 Å². The Kier molecular flexibility index (Phi) is 4.54. The third-order valence-electron chi connectivity index (χ3n) is 4.61. The molecule has 2 aromatic carbocycles. The van der Waals surface area contributed by atoms with Crippen LogP contribution in [0.15, 0.2) is 47.0 Å². The molecule has 0 aliphatic carbocycles. The third kappa shape index (κ3) is 3.65. The van der Waals surface area contributed by atoms with E-state index in [4.69, 9.17) is 14.0 Å². The Morgan fingerprint density at radius 2 is 2.11 bits per heavy atom. The van der Waals surface area contributed by atoms with Gasteiger partial charge in [-0.1, -0.05) is 11.2 Å². The lowest BCUT2D eigenvalue weighted by molar-refractivity contribution is 0.102. The van der Waals surface area contributed by atoms with Crippen LogP contribution in [0.3, 0.4) is 0 Å². The molecule has 1 amide bonds. The fourth-order valence-corrected chi connectivity index (χ4v) is 3.06. The Bertz CT molecular complexity index is 974. The number of ether oxygens (including phenoxy) is 2. The van der Waals surface area contributed by atoms with E-state index in [-0.39, 0.29) is 5.91 Å². The molecule has 0 radical (unpaired) electrons. The quantitative estimate of drug-likeness (QED) is 0.739. The van der Waals surface area contributed by atoms with E-state index < -0.39 is 0 Å². The minimum absolute atomic E-state index is 0.184. The summed E-state index contributed by atoms with van der Waals surface area (Å²) in [5, 5.41) is 6.85. The summed E-state index contributed by atoms with van der Waals surface area (Å²) in [6, 6.07) is 12.8. The number of anilines is 1. The number of rotatable bonds is 5. The SMILES string of the molecule is Cc1noc(C)c1COc1cccc(C(=O)Nc2ccc3c(c2)CCO3)c1. The number of nitrogens with zero attached hydrogens (tertiary/aromatic N) is 1. The molecule has 0 spiro atoms. The molecule has 0 bridgehead atoms. The van der Waals surface area contributed by atoms with E-state index in [1.807, 2.05) is 38.1 Å². The standard InChI is InChI=1S/C21H20N2O4/c1-13-19(14(2)27-23-13)12-26-18-5-3-4-16(11-18)21(24)22-17-6-7-20-15(10-17)8-9-25-20/h3-7,10-11H,8-9,12H2,1-2H3,(H,22,24). The molecular formula is C21H20N2O4. The molecule has 4 rings (SSSR count). The molecular weight excluding hydrogens is 344 g/mol. The minimum Gasteiger partial charge on any atom is -0.493 e. The molecule has 1 N–H and O–H groups in total. The first-order valence-electron chi connectivity index (χ1n) is 8.82. The predicted molar refractivity (Wildman–Crippen MR) is 100 cm³/mol. The topological polar surface area (TPSA) is 73.6 Å². The maximum Gasteiger partial charge on any atom is 0.255 e. The second-order valence-corrected chi connectivity index (χ2v) is 6.49. The molecule has 0 unspecified atom stereocenters. The van der Waals surface area contributed by atoms with E-state index >= 15 is 0 Å². The van der Waals surface area contributed by atoms with Crippen LogP contribution in [0.2, 0.25) is 0 Å². The first-order chi connectivity index (χ1) is 13.1. The van der Waals surface area contributed by atoms with E-state index in [1.165, 1.54) is 0 Å². The van der Waals surface area contributed by atoms with Gasteiger partial charge in [-0.05, 0) is 55.8 Å². The smallest absolute Gasteiger partial charge is 0.255 e. The highest BCUT2D eigenvalue weighted by atomic mass is 16.5. The number of carbonyl (C=O) groups is 1. The van der Waals surface area contributed by atoms with Gasteiger partial charge >= 0.3 is 0 Å². The van der Waals surface area contributed by atoms with Gasteiger partial charge in [-0.3, -0.25) is 4.79 Å². The first kappa shape index (κ1) is 17.1. The predicted octanol–water partition coefficient (Wildman–Crippen LogP) is 4.06. The summed E-state index contributed by atoms with van der Waals surface area (Å²) in [7, 11) is 0. The molecule has 138 valence electrons. The van der Waals surface area contributed by atoms with Crippen molar-refractivity contribution in [2.75, 3.05) is 11.9 Å². The van der Waals surface area contributed by atoms with Crippen LogP contribution in [-0.4, -0.2) is 17.7 Å². The number of aromatic nitrogens is 1. The number of hydrogen-bond donors (Lipinski definition) is 1. The van der Waals surface area contributed by atoms with Crippen molar-refractivity contribution < 1.29 is 18.8 Å². The van der Waals surface area contributed by atoms with Crippen molar-refractivity contribution in [1.29, 1.82) is 0 Å². The first-order valence-corrected chi connectivity index (χ1v) is 8.82.